The lowest BCUT2D eigenvalue weighted by atomic mass is 10.1. The average Bonchev–Trinajstić information content (AvgIpc) is 3.18. The lowest BCUT2D eigenvalue weighted by molar-refractivity contribution is 0.409. The molecule has 0 amide bonds. The van der Waals surface area contributed by atoms with Gasteiger partial charge in [0.1, 0.15) is 0 Å². The van der Waals surface area contributed by atoms with Crippen LogP contribution in [0.5, 0.6) is 0 Å². The molecule has 0 spiro atoms. The molecule has 0 aromatic carbocycles. The first-order valence-electron chi connectivity index (χ1n) is 8.15. The van der Waals surface area contributed by atoms with E-state index in [1.54, 1.807) is 0 Å². The quantitative estimate of drug-likeness (QED) is 0.521. The van der Waals surface area contributed by atoms with Gasteiger partial charge in [-0.3, -0.25) is 0 Å². The van der Waals surface area contributed by atoms with E-state index >= 15 is 0 Å². The van der Waals surface area contributed by atoms with Crippen LogP contribution >= 0.6 is 0 Å². The van der Waals surface area contributed by atoms with Crippen LogP contribution in [-0.4, -0.2) is 12.6 Å². The number of hydrogen-bond acceptors (Lipinski definition) is 1. The van der Waals surface area contributed by atoms with Crippen molar-refractivity contribution < 1.29 is 0 Å². The van der Waals surface area contributed by atoms with Crippen molar-refractivity contribution in [3.05, 3.63) is 0 Å². The Morgan fingerprint density at radius 3 is 1.88 bits per heavy atom. The lowest BCUT2D eigenvalue weighted by Gasteiger charge is -2.17. The molecule has 1 heteroatoms. The van der Waals surface area contributed by atoms with E-state index in [1.165, 1.54) is 77.2 Å². The minimum atomic E-state index is 0.912. The van der Waals surface area contributed by atoms with E-state index in [9.17, 15) is 0 Å². The molecule has 2 rings (SSSR count). The number of rotatable bonds is 11. The van der Waals surface area contributed by atoms with Crippen molar-refractivity contribution in [2.24, 2.45) is 11.8 Å². The fraction of sp³-hybridized carbons (Fsp3) is 1.00. The Bertz CT molecular complexity index is 182. The predicted molar refractivity (Wildman–Crippen MR) is 75.2 cm³/mol. The molecule has 1 N–H and O–H groups in total. The van der Waals surface area contributed by atoms with Crippen molar-refractivity contribution in [2.45, 2.75) is 83.6 Å². The second-order valence-corrected chi connectivity index (χ2v) is 6.28. The Labute approximate surface area is 108 Å². The summed E-state index contributed by atoms with van der Waals surface area (Å²) in [6.07, 6.45) is 16.0. The van der Waals surface area contributed by atoms with Crippen molar-refractivity contribution in [1.82, 2.24) is 5.32 Å². The van der Waals surface area contributed by atoms with Crippen LogP contribution in [0.2, 0.25) is 0 Å². The molecule has 100 valence electrons. The molecule has 0 atom stereocenters. The number of hydrogen-bond donors (Lipinski definition) is 1. The van der Waals surface area contributed by atoms with Crippen molar-refractivity contribution >= 4 is 0 Å². The minimum absolute atomic E-state index is 0.912. The maximum Gasteiger partial charge on any atom is 0.0124 e. The Kier molecular flexibility index (Phi) is 5.84. The highest BCUT2D eigenvalue weighted by molar-refractivity contribution is 4.96. The van der Waals surface area contributed by atoms with Gasteiger partial charge in [0.05, 0.1) is 0 Å². The molecule has 0 unspecified atom stereocenters. The molecule has 0 aromatic heterocycles. The van der Waals surface area contributed by atoms with Crippen LogP contribution in [0.1, 0.15) is 77.6 Å². The molecule has 0 aliphatic heterocycles. The molecule has 17 heavy (non-hydrogen) atoms. The van der Waals surface area contributed by atoms with Crippen LogP contribution in [0.3, 0.4) is 0 Å². The zero-order chi connectivity index (χ0) is 11.9. The molecule has 2 saturated carbocycles. The summed E-state index contributed by atoms with van der Waals surface area (Å²) in [5.41, 5.74) is 0. The summed E-state index contributed by atoms with van der Waals surface area (Å²) in [5.74, 6) is 2.12. The molecule has 1 nitrogen and oxygen atoms in total. The van der Waals surface area contributed by atoms with Crippen molar-refractivity contribution in [3.8, 4) is 0 Å². The maximum atomic E-state index is 3.85. The smallest absolute Gasteiger partial charge is 0.0124 e. The summed E-state index contributed by atoms with van der Waals surface area (Å²) in [4.78, 5) is 0. The summed E-state index contributed by atoms with van der Waals surface area (Å²) in [5, 5.41) is 3.85. The van der Waals surface area contributed by atoms with Gasteiger partial charge in [-0.05, 0) is 50.5 Å². The first-order chi connectivity index (χ1) is 8.42. The maximum absolute atomic E-state index is 3.85. The van der Waals surface area contributed by atoms with Crippen LogP contribution in [-0.2, 0) is 0 Å². The van der Waals surface area contributed by atoms with E-state index in [2.05, 4.69) is 12.2 Å². The fourth-order valence-corrected chi connectivity index (χ4v) is 2.98. The van der Waals surface area contributed by atoms with Crippen molar-refractivity contribution in [1.29, 1.82) is 0 Å². The van der Waals surface area contributed by atoms with Gasteiger partial charge in [-0.1, -0.05) is 45.4 Å². The van der Waals surface area contributed by atoms with Crippen LogP contribution < -0.4 is 5.32 Å². The summed E-state index contributed by atoms with van der Waals surface area (Å²) in [6.45, 7) is 3.57. The summed E-state index contributed by atoms with van der Waals surface area (Å²) in [6, 6.07) is 0.912. The van der Waals surface area contributed by atoms with Gasteiger partial charge in [-0.2, -0.15) is 0 Å². The normalized spacial score (nSPS) is 20.1. The Balaban J connectivity index is 1.40. The first-order valence-corrected chi connectivity index (χ1v) is 8.15. The second kappa shape index (κ2) is 7.41. The third kappa shape index (κ3) is 5.42. The van der Waals surface area contributed by atoms with E-state index < -0.39 is 0 Å². The molecule has 2 aliphatic rings. The van der Waals surface area contributed by atoms with E-state index in [-0.39, 0.29) is 0 Å². The topological polar surface area (TPSA) is 12.0 Å². The third-order valence-electron chi connectivity index (χ3n) is 4.42. The SMILES string of the molecule is CCCCCCCCCNC(C1CC1)C1CC1. The highest BCUT2D eigenvalue weighted by Crippen LogP contribution is 2.44. The van der Waals surface area contributed by atoms with Gasteiger partial charge in [0.25, 0.3) is 0 Å². The number of unbranched alkanes of at least 4 members (excludes halogenated alkanes) is 6. The Morgan fingerprint density at radius 1 is 0.824 bits per heavy atom. The van der Waals surface area contributed by atoms with E-state index in [1.807, 2.05) is 0 Å². The predicted octanol–water partition coefficient (Wildman–Crippen LogP) is 4.52. The summed E-state index contributed by atoms with van der Waals surface area (Å²) >= 11 is 0. The number of nitrogens with one attached hydrogen (secondary N) is 1. The van der Waals surface area contributed by atoms with Gasteiger partial charge in [0.2, 0.25) is 0 Å². The Morgan fingerprint density at radius 2 is 1.35 bits per heavy atom. The molecule has 2 fully saturated rings. The summed E-state index contributed by atoms with van der Waals surface area (Å²) in [7, 11) is 0. The molecule has 0 radical (unpaired) electrons. The van der Waals surface area contributed by atoms with E-state index in [0.29, 0.717) is 0 Å². The van der Waals surface area contributed by atoms with Crippen LogP contribution in [0.15, 0.2) is 0 Å². The molecular weight excluding hydrogens is 206 g/mol. The standard InChI is InChI=1S/C16H31N/c1-2-3-4-5-6-7-8-13-17-16(14-9-10-14)15-11-12-15/h14-17H,2-13H2,1H3. The summed E-state index contributed by atoms with van der Waals surface area (Å²) < 4.78 is 0. The van der Waals surface area contributed by atoms with E-state index in [4.69, 9.17) is 0 Å². The van der Waals surface area contributed by atoms with Gasteiger partial charge in [-0.25, -0.2) is 0 Å². The minimum Gasteiger partial charge on any atom is -0.313 e. The molecule has 0 heterocycles. The fourth-order valence-electron chi connectivity index (χ4n) is 2.98. The van der Waals surface area contributed by atoms with Crippen molar-refractivity contribution in [2.75, 3.05) is 6.54 Å². The monoisotopic (exact) mass is 237 g/mol. The zero-order valence-corrected chi connectivity index (χ0v) is 11.7. The molecular formula is C16H31N. The highest BCUT2D eigenvalue weighted by atomic mass is 14.9. The lowest BCUT2D eigenvalue weighted by Crippen LogP contribution is -2.33. The van der Waals surface area contributed by atoms with Gasteiger partial charge < -0.3 is 5.32 Å². The zero-order valence-electron chi connectivity index (χ0n) is 11.7. The van der Waals surface area contributed by atoms with Crippen molar-refractivity contribution in [3.63, 3.8) is 0 Å². The average molecular weight is 237 g/mol. The highest BCUT2D eigenvalue weighted by Gasteiger charge is 2.40. The molecule has 0 aromatic rings. The molecule has 0 saturated heterocycles. The first kappa shape index (κ1) is 13.4. The third-order valence-corrected chi connectivity index (χ3v) is 4.42. The largest absolute Gasteiger partial charge is 0.313 e. The Hall–Kier alpha value is -0.0400. The van der Waals surface area contributed by atoms with Crippen LogP contribution in [0.25, 0.3) is 0 Å². The van der Waals surface area contributed by atoms with Crippen LogP contribution in [0.4, 0.5) is 0 Å². The van der Waals surface area contributed by atoms with Crippen LogP contribution in [0, 0.1) is 11.8 Å². The molecule has 0 bridgehead atoms. The van der Waals surface area contributed by atoms with Gasteiger partial charge in [0.15, 0.2) is 0 Å². The second-order valence-electron chi connectivity index (χ2n) is 6.28. The van der Waals surface area contributed by atoms with Gasteiger partial charge >= 0.3 is 0 Å². The molecule has 2 aliphatic carbocycles. The van der Waals surface area contributed by atoms with Gasteiger partial charge in [0, 0.05) is 6.04 Å². The van der Waals surface area contributed by atoms with E-state index in [0.717, 1.165) is 17.9 Å². The van der Waals surface area contributed by atoms with Gasteiger partial charge in [-0.15, -0.1) is 0 Å².